The molecule has 0 atom stereocenters. The standard InChI is InChI=1S/C6H8O/c7-6-4-2-1-3-5-6/h2,4H,1,3,5H2/i3+1. The molecule has 0 aromatic heterocycles. The zero-order valence-corrected chi connectivity index (χ0v) is 4.18. The average molecular weight is 97.1 g/mol. The first-order valence-electron chi connectivity index (χ1n) is 2.59. The molecule has 38 valence electrons. The molecule has 0 N–H and O–H groups in total. The Morgan fingerprint density at radius 3 is 2.71 bits per heavy atom. The number of carbonyl (C=O) groups excluding carboxylic acids is 1. The van der Waals surface area contributed by atoms with Crippen LogP contribution in [0.4, 0.5) is 0 Å². The predicted octanol–water partition coefficient (Wildman–Crippen LogP) is 1.30. The summed E-state index contributed by atoms with van der Waals surface area (Å²) in [4.78, 5) is 10.4. The minimum absolute atomic E-state index is 0.284. The van der Waals surface area contributed by atoms with Crippen LogP contribution in [0.15, 0.2) is 12.2 Å². The number of rotatable bonds is 0. The van der Waals surface area contributed by atoms with Crippen molar-refractivity contribution in [3.05, 3.63) is 12.2 Å². The Hall–Kier alpha value is -0.590. The monoisotopic (exact) mass is 97.1 g/mol. The summed E-state index contributed by atoms with van der Waals surface area (Å²) < 4.78 is 0. The van der Waals surface area contributed by atoms with E-state index in [0.717, 1.165) is 19.3 Å². The van der Waals surface area contributed by atoms with E-state index in [1.54, 1.807) is 6.08 Å². The second-order valence-electron chi connectivity index (χ2n) is 1.76. The zero-order valence-electron chi connectivity index (χ0n) is 4.18. The summed E-state index contributed by atoms with van der Waals surface area (Å²) in [7, 11) is 0. The van der Waals surface area contributed by atoms with Crippen molar-refractivity contribution < 1.29 is 4.79 Å². The quantitative estimate of drug-likeness (QED) is 0.416. The third kappa shape index (κ3) is 1.15. The molecule has 1 rings (SSSR count). The zero-order chi connectivity index (χ0) is 5.11. The minimum atomic E-state index is 0.284. The highest BCUT2D eigenvalue weighted by Crippen LogP contribution is 2.04. The van der Waals surface area contributed by atoms with Gasteiger partial charge in [0, 0.05) is 6.42 Å². The first kappa shape index (κ1) is 4.57. The Kier molecular flexibility index (Phi) is 1.25. The number of carbonyl (C=O) groups is 1. The molecule has 0 spiro atoms. The molecular weight excluding hydrogens is 89.1 g/mol. The fraction of sp³-hybridized carbons (Fsp3) is 0.500. The van der Waals surface area contributed by atoms with Crippen LogP contribution in [0.25, 0.3) is 0 Å². The van der Waals surface area contributed by atoms with E-state index in [9.17, 15) is 4.79 Å². The molecule has 0 bridgehead atoms. The molecule has 1 nitrogen and oxygen atoms in total. The third-order valence-corrected chi connectivity index (χ3v) is 1.10. The van der Waals surface area contributed by atoms with Crippen molar-refractivity contribution in [2.24, 2.45) is 0 Å². The van der Waals surface area contributed by atoms with Gasteiger partial charge in [-0.25, -0.2) is 0 Å². The fourth-order valence-electron chi connectivity index (χ4n) is 0.692. The molecule has 0 aliphatic heterocycles. The minimum Gasteiger partial charge on any atom is -0.295 e. The van der Waals surface area contributed by atoms with Gasteiger partial charge in [0.2, 0.25) is 0 Å². The van der Waals surface area contributed by atoms with Crippen molar-refractivity contribution in [1.29, 1.82) is 0 Å². The van der Waals surface area contributed by atoms with E-state index in [1.807, 2.05) is 6.08 Å². The maximum Gasteiger partial charge on any atom is 0.155 e. The largest absolute Gasteiger partial charge is 0.295 e. The van der Waals surface area contributed by atoms with Crippen molar-refractivity contribution >= 4 is 5.78 Å². The number of hydrogen-bond acceptors (Lipinski definition) is 1. The van der Waals surface area contributed by atoms with E-state index in [4.69, 9.17) is 0 Å². The summed E-state index contributed by atoms with van der Waals surface area (Å²) in [5, 5.41) is 0. The summed E-state index contributed by atoms with van der Waals surface area (Å²) in [6.45, 7) is 0. The van der Waals surface area contributed by atoms with Crippen LogP contribution in [0, 0.1) is 0 Å². The van der Waals surface area contributed by atoms with E-state index in [0.29, 0.717) is 0 Å². The van der Waals surface area contributed by atoms with Crippen molar-refractivity contribution in [1.82, 2.24) is 0 Å². The molecule has 0 amide bonds. The van der Waals surface area contributed by atoms with Gasteiger partial charge in [-0.1, -0.05) is 6.08 Å². The first-order valence-corrected chi connectivity index (χ1v) is 2.59. The maximum atomic E-state index is 10.4. The molecule has 0 aromatic rings. The lowest BCUT2D eigenvalue weighted by Gasteiger charge is -1.97. The second kappa shape index (κ2) is 1.92. The molecule has 0 unspecified atom stereocenters. The Bertz CT molecular complexity index is 103. The summed E-state index contributed by atoms with van der Waals surface area (Å²) in [5.41, 5.74) is 0. The highest BCUT2D eigenvalue weighted by Gasteiger charge is 1.98. The molecule has 0 saturated carbocycles. The average Bonchev–Trinajstić information content (AvgIpc) is 1.69. The molecule has 0 radical (unpaired) electrons. The Morgan fingerprint density at radius 1 is 1.57 bits per heavy atom. The van der Waals surface area contributed by atoms with E-state index < -0.39 is 0 Å². The van der Waals surface area contributed by atoms with Crippen LogP contribution in [0.5, 0.6) is 0 Å². The lowest BCUT2D eigenvalue weighted by atomic mass is 10.2. The predicted molar refractivity (Wildman–Crippen MR) is 28.0 cm³/mol. The van der Waals surface area contributed by atoms with Crippen molar-refractivity contribution in [3.8, 4) is 0 Å². The van der Waals surface area contributed by atoms with Gasteiger partial charge < -0.3 is 0 Å². The van der Waals surface area contributed by atoms with E-state index in [-0.39, 0.29) is 5.78 Å². The summed E-state index contributed by atoms with van der Waals surface area (Å²) in [5.74, 6) is 0.284. The van der Waals surface area contributed by atoms with Gasteiger partial charge in [0.1, 0.15) is 0 Å². The van der Waals surface area contributed by atoms with Gasteiger partial charge in [0.15, 0.2) is 5.78 Å². The second-order valence-corrected chi connectivity index (χ2v) is 1.76. The normalized spacial score (nSPS) is 20.3. The first-order chi connectivity index (χ1) is 3.39. The van der Waals surface area contributed by atoms with Gasteiger partial charge in [0.25, 0.3) is 0 Å². The van der Waals surface area contributed by atoms with E-state index in [1.165, 1.54) is 0 Å². The summed E-state index contributed by atoms with van der Waals surface area (Å²) in [6.07, 6.45) is 6.51. The van der Waals surface area contributed by atoms with Crippen molar-refractivity contribution in [3.63, 3.8) is 0 Å². The van der Waals surface area contributed by atoms with Gasteiger partial charge in [-0.2, -0.15) is 0 Å². The summed E-state index contributed by atoms with van der Waals surface area (Å²) in [6, 6.07) is 0. The topological polar surface area (TPSA) is 17.1 Å². The van der Waals surface area contributed by atoms with Crippen LogP contribution in [0.1, 0.15) is 19.3 Å². The van der Waals surface area contributed by atoms with Crippen LogP contribution in [0.3, 0.4) is 0 Å². The number of ketones is 1. The van der Waals surface area contributed by atoms with Crippen LogP contribution in [-0.2, 0) is 4.79 Å². The van der Waals surface area contributed by atoms with Crippen LogP contribution in [0.2, 0.25) is 0 Å². The number of allylic oxidation sites excluding steroid dienone is 2. The smallest absolute Gasteiger partial charge is 0.155 e. The molecule has 0 aromatic carbocycles. The van der Waals surface area contributed by atoms with Gasteiger partial charge in [0.05, 0.1) is 0 Å². The van der Waals surface area contributed by atoms with Gasteiger partial charge in [-0.15, -0.1) is 0 Å². The van der Waals surface area contributed by atoms with Gasteiger partial charge in [-0.05, 0) is 18.9 Å². The van der Waals surface area contributed by atoms with Crippen molar-refractivity contribution in [2.75, 3.05) is 0 Å². The lowest BCUT2D eigenvalue weighted by Crippen LogP contribution is -1.95. The van der Waals surface area contributed by atoms with Gasteiger partial charge >= 0.3 is 0 Å². The Balaban J connectivity index is 2.51. The molecule has 1 aliphatic rings. The Labute approximate surface area is 43.0 Å². The fourth-order valence-corrected chi connectivity index (χ4v) is 0.692. The third-order valence-electron chi connectivity index (χ3n) is 1.10. The molecule has 0 fully saturated rings. The van der Waals surface area contributed by atoms with Crippen LogP contribution >= 0.6 is 0 Å². The van der Waals surface area contributed by atoms with E-state index >= 15 is 0 Å². The highest BCUT2D eigenvalue weighted by atomic mass is 16.1. The molecular formula is C6H8O. The Morgan fingerprint density at radius 2 is 2.43 bits per heavy atom. The maximum absolute atomic E-state index is 10.4. The number of hydrogen-bond donors (Lipinski definition) is 0. The van der Waals surface area contributed by atoms with Gasteiger partial charge in [-0.3, -0.25) is 4.79 Å². The van der Waals surface area contributed by atoms with Crippen molar-refractivity contribution in [2.45, 2.75) is 19.3 Å². The molecule has 0 heterocycles. The summed E-state index contributed by atoms with van der Waals surface area (Å²) >= 11 is 0. The van der Waals surface area contributed by atoms with E-state index in [2.05, 4.69) is 0 Å². The highest BCUT2D eigenvalue weighted by molar-refractivity contribution is 5.90. The SMILES string of the molecule is O=C1C=CC[13CH2]C1. The molecule has 0 saturated heterocycles. The lowest BCUT2D eigenvalue weighted by molar-refractivity contribution is -0.114. The molecule has 1 heteroatoms. The van der Waals surface area contributed by atoms with Crippen LogP contribution in [-0.4, -0.2) is 5.78 Å². The molecule has 7 heavy (non-hydrogen) atoms. The van der Waals surface area contributed by atoms with Crippen LogP contribution < -0.4 is 0 Å². The molecule has 1 aliphatic carbocycles.